The zero-order valence-corrected chi connectivity index (χ0v) is 9.72. The highest BCUT2D eigenvalue weighted by molar-refractivity contribution is 5.28. The molecule has 1 aromatic carbocycles. The predicted octanol–water partition coefficient (Wildman–Crippen LogP) is 3.17. The predicted molar refractivity (Wildman–Crippen MR) is 63.8 cm³/mol. The van der Waals surface area contributed by atoms with Gasteiger partial charge in [0.25, 0.3) is 0 Å². The second-order valence-electron chi connectivity index (χ2n) is 5.20. The van der Waals surface area contributed by atoms with Gasteiger partial charge < -0.3 is 5.73 Å². The van der Waals surface area contributed by atoms with Crippen LogP contribution in [0.1, 0.15) is 49.7 Å². The molecule has 0 heterocycles. The molecular formula is C14H20N. The van der Waals surface area contributed by atoms with Crippen molar-refractivity contribution in [3.63, 3.8) is 0 Å². The topological polar surface area (TPSA) is 26.0 Å². The Kier molecular flexibility index (Phi) is 2.83. The van der Waals surface area contributed by atoms with Gasteiger partial charge in [0, 0.05) is 5.54 Å². The summed E-state index contributed by atoms with van der Waals surface area (Å²) in [5, 5.41) is 0. The molecule has 0 bridgehead atoms. The first-order chi connectivity index (χ1) is 7.08. The maximum absolute atomic E-state index is 6.15. The van der Waals surface area contributed by atoms with Crippen molar-refractivity contribution in [3.05, 3.63) is 35.4 Å². The van der Waals surface area contributed by atoms with Crippen molar-refractivity contribution in [2.45, 2.75) is 51.0 Å². The van der Waals surface area contributed by atoms with Crippen LogP contribution >= 0.6 is 0 Å². The Labute approximate surface area is 92.7 Å². The zero-order chi connectivity index (χ0) is 10.9. The lowest BCUT2D eigenvalue weighted by Gasteiger charge is -2.34. The molecule has 0 aromatic heterocycles. The van der Waals surface area contributed by atoms with E-state index in [0.717, 1.165) is 12.8 Å². The first kappa shape index (κ1) is 10.7. The zero-order valence-electron chi connectivity index (χ0n) is 9.72. The van der Waals surface area contributed by atoms with Gasteiger partial charge in [0.05, 0.1) is 0 Å². The Morgan fingerprint density at radius 1 is 1.40 bits per heavy atom. The molecular weight excluding hydrogens is 182 g/mol. The third kappa shape index (κ3) is 2.40. The fourth-order valence-electron chi connectivity index (χ4n) is 2.54. The smallest absolute Gasteiger partial charge is 0.0126 e. The maximum Gasteiger partial charge on any atom is 0.0126 e. The Morgan fingerprint density at radius 3 is 2.67 bits per heavy atom. The summed E-state index contributed by atoms with van der Waals surface area (Å²) in [5.41, 5.74) is 9.00. The first-order valence-electron chi connectivity index (χ1n) is 5.84. The van der Waals surface area contributed by atoms with Crippen molar-refractivity contribution in [2.75, 3.05) is 0 Å². The van der Waals surface area contributed by atoms with Crippen LogP contribution in [-0.4, -0.2) is 5.54 Å². The van der Waals surface area contributed by atoms with E-state index < -0.39 is 0 Å². The third-order valence-corrected chi connectivity index (χ3v) is 3.64. The first-order valence-corrected chi connectivity index (χ1v) is 5.84. The second kappa shape index (κ2) is 3.97. The molecule has 1 nitrogen and oxygen atoms in total. The molecule has 81 valence electrons. The summed E-state index contributed by atoms with van der Waals surface area (Å²) in [7, 11) is 0. The normalized spacial score (nSPS) is 31.5. The van der Waals surface area contributed by atoms with E-state index in [4.69, 9.17) is 5.73 Å². The molecule has 15 heavy (non-hydrogen) atoms. The van der Waals surface area contributed by atoms with Gasteiger partial charge in [-0.1, -0.05) is 18.2 Å². The van der Waals surface area contributed by atoms with E-state index in [0.29, 0.717) is 5.92 Å². The van der Waals surface area contributed by atoms with Crippen LogP contribution in [0.25, 0.3) is 0 Å². The highest BCUT2D eigenvalue weighted by Crippen LogP contribution is 2.37. The van der Waals surface area contributed by atoms with Crippen LogP contribution in [0.5, 0.6) is 0 Å². The fraction of sp³-hybridized carbons (Fsp3) is 0.571. The van der Waals surface area contributed by atoms with Gasteiger partial charge in [-0.25, -0.2) is 0 Å². The quantitative estimate of drug-likeness (QED) is 0.743. The molecule has 2 N–H and O–H groups in total. The summed E-state index contributed by atoms with van der Waals surface area (Å²) < 4.78 is 0. The number of hydrogen-bond donors (Lipinski definition) is 1. The molecule has 1 radical (unpaired) electrons. The molecule has 1 saturated carbocycles. The highest BCUT2D eigenvalue weighted by Gasteiger charge is 2.28. The summed E-state index contributed by atoms with van der Waals surface area (Å²) in [6.07, 6.45) is 4.71. The van der Waals surface area contributed by atoms with Gasteiger partial charge >= 0.3 is 0 Å². The van der Waals surface area contributed by atoms with Gasteiger partial charge in [-0.3, -0.25) is 0 Å². The van der Waals surface area contributed by atoms with Crippen molar-refractivity contribution < 1.29 is 0 Å². The molecule has 0 unspecified atom stereocenters. The van der Waals surface area contributed by atoms with Gasteiger partial charge in [-0.2, -0.15) is 0 Å². The Bertz CT molecular complexity index is 331. The van der Waals surface area contributed by atoms with Crippen LogP contribution in [0.3, 0.4) is 0 Å². The summed E-state index contributed by atoms with van der Waals surface area (Å²) in [6, 6.07) is 9.67. The molecule has 0 amide bonds. The Hall–Kier alpha value is -0.820. The minimum absolute atomic E-state index is 0.0686. The minimum atomic E-state index is 0.0686. The molecule has 0 aliphatic heterocycles. The molecule has 0 atom stereocenters. The maximum atomic E-state index is 6.15. The average Bonchev–Trinajstić information content (AvgIpc) is 2.19. The van der Waals surface area contributed by atoms with Crippen LogP contribution in [0.15, 0.2) is 18.2 Å². The van der Waals surface area contributed by atoms with E-state index in [1.807, 2.05) is 6.07 Å². The highest BCUT2D eigenvalue weighted by atomic mass is 14.7. The molecule has 1 fully saturated rings. The molecule has 1 heteroatoms. The van der Waals surface area contributed by atoms with E-state index in [9.17, 15) is 0 Å². The Balaban J connectivity index is 2.11. The monoisotopic (exact) mass is 202 g/mol. The number of aryl methyl sites for hydroxylation is 1. The van der Waals surface area contributed by atoms with Crippen molar-refractivity contribution in [3.8, 4) is 0 Å². The van der Waals surface area contributed by atoms with Crippen LogP contribution in [0, 0.1) is 13.0 Å². The van der Waals surface area contributed by atoms with Crippen LogP contribution in [-0.2, 0) is 0 Å². The van der Waals surface area contributed by atoms with Crippen molar-refractivity contribution >= 4 is 0 Å². The average molecular weight is 202 g/mol. The Morgan fingerprint density at radius 2 is 2.07 bits per heavy atom. The lowest BCUT2D eigenvalue weighted by molar-refractivity contribution is 0.294. The molecule has 1 aromatic rings. The number of benzene rings is 1. The second-order valence-corrected chi connectivity index (χ2v) is 5.20. The minimum Gasteiger partial charge on any atom is -0.325 e. The summed E-state index contributed by atoms with van der Waals surface area (Å²) >= 11 is 0. The summed E-state index contributed by atoms with van der Waals surface area (Å²) in [4.78, 5) is 0. The van der Waals surface area contributed by atoms with Crippen molar-refractivity contribution in [2.24, 2.45) is 5.73 Å². The van der Waals surface area contributed by atoms with E-state index in [-0.39, 0.29) is 5.54 Å². The van der Waals surface area contributed by atoms with Crippen molar-refractivity contribution in [1.29, 1.82) is 0 Å². The lowest BCUT2D eigenvalue weighted by Crippen LogP contribution is -2.39. The van der Waals surface area contributed by atoms with Gasteiger partial charge in [0.15, 0.2) is 0 Å². The van der Waals surface area contributed by atoms with E-state index in [1.54, 1.807) is 0 Å². The van der Waals surface area contributed by atoms with Gasteiger partial charge in [-0.05, 0) is 62.6 Å². The van der Waals surface area contributed by atoms with E-state index in [2.05, 4.69) is 32.0 Å². The van der Waals surface area contributed by atoms with E-state index >= 15 is 0 Å². The van der Waals surface area contributed by atoms with Crippen molar-refractivity contribution in [1.82, 2.24) is 0 Å². The molecule has 1 aliphatic rings. The SMILES string of the molecule is Cc1ccc[c]c1[C@H]1CC[C@@](C)(N)CC1. The number of nitrogens with two attached hydrogens (primary N) is 1. The standard InChI is InChI=1S/C14H20N/c1-11-5-3-4-6-13(11)12-7-9-14(2,15)10-8-12/h3-5,12H,7-10,15H2,1-2H3/t12-,14+. The largest absolute Gasteiger partial charge is 0.325 e. The summed E-state index contributed by atoms with van der Waals surface area (Å²) in [6.45, 7) is 4.35. The lowest BCUT2D eigenvalue weighted by atomic mass is 9.75. The van der Waals surface area contributed by atoms with E-state index in [1.165, 1.54) is 24.0 Å². The van der Waals surface area contributed by atoms with Crippen LogP contribution < -0.4 is 5.73 Å². The van der Waals surface area contributed by atoms with Gasteiger partial charge in [0.2, 0.25) is 0 Å². The number of rotatable bonds is 1. The van der Waals surface area contributed by atoms with Gasteiger partial charge in [0.1, 0.15) is 0 Å². The summed E-state index contributed by atoms with van der Waals surface area (Å²) in [5.74, 6) is 0.683. The third-order valence-electron chi connectivity index (χ3n) is 3.64. The van der Waals surface area contributed by atoms with Crippen LogP contribution in [0.2, 0.25) is 0 Å². The molecule has 1 aliphatic carbocycles. The fourth-order valence-corrected chi connectivity index (χ4v) is 2.54. The molecule has 2 rings (SSSR count). The van der Waals surface area contributed by atoms with Gasteiger partial charge in [-0.15, -0.1) is 0 Å². The molecule has 0 saturated heterocycles. The number of hydrogen-bond acceptors (Lipinski definition) is 1. The molecule has 0 spiro atoms. The van der Waals surface area contributed by atoms with Crippen LogP contribution in [0.4, 0.5) is 0 Å².